The van der Waals surface area contributed by atoms with Crippen molar-refractivity contribution >= 4 is 15.9 Å². The molecule has 3 N–H and O–H groups in total. The summed E-state index contributed by atoms with van der Waals surface area (Å²) in [7, 11) is -0.778. The molecule has 0 spiro atoms. The molecule has 108 valence electrons. The maximum absolute atomic E-state index is 11.9. The van der Waals surface area contributed by atoms with Crippen molar-refractivity contribution in [2.75, 3.05) is 19.8 Å². The minimum atomic E-state index is -3.62. The predicted octanol–water partition coefficient (Wildman–Crippen LogP) is 0.201. The molecule has 0 radical (unpaired) electrons. The topological polar surface area (TPSA) is 101 Å². The average Bonchev–Trinajstić information content (AvgIpc) is 2.88. The van der Waals surface area contributed by atoms with Crippen LogP contribution in [0.1, 0.15) is 17.4 Å². The highest BCUT2D eigenvalue weighted by molar-refractivity contribution is 7.87. The molecular formula is C12H16N4O3S. The number of benzene rings is 1. The van der Waals surface area contributed by atoms with Gasteiger partial charge >= 0.3 is 10.2 Å². The van der Waals surface area contributed by atoms with Crippen LogP contribution in [0.2, 0.25) is 0 Å². The van der Waals surface area contributed by atoms with E-state index in [-0.39, 0.29) is 5.69 Å². The van der Waals surface area contributed by atoms with E-state index in [4.69, 9.17) is 5.73 Å². The second-order valence-corrected chi connectivity index (χ2v) is 6.54. The Morgan fingerprint density at radius 1 is 1.30 bits per heavy atom. The summed E-state index contributed by atoms with van der Waals surface area (Å²) in [6.45, 7) is 0. The van der Waals surface area contributed by atoms with Gasteiger partial charge in [0.25, 0.3) is 0 Å². The molecule has 1 heterocycles. The largest absolute Gasteiger partial charge is 0.399 e. The highest BCUT2D eigenvalue weighted by atomic mass is 32.2. The lowest BCUT2D eigenvalue weighted by Crippen LogP contribution is -2.27. The van der Waals surface area contributed by atoms with Gasteiger partial charge in [0, 0.05) is 26.0 Å². The van der Waals surface area contributed by atoms with Crippen molar-refractivity contribution in [2.24, 2.45) is 0 Å². The molecule has 1 atom stereocenters. The molecule has 1 aromatic heterocycles. The fraction of sp³-hybridized carbons (Fsp3) is 0.250. The fourth-order valence-corrected chi connectivity index (χ4v) is 2.41. The second kappa shape index (κ2) is 5.23. The first-order chi connectivity index (χ1) is 9.32. The Balaban J connectivity index is 2.31. The molecule has 8 heteroatoms. The summed E-state index contributed by atoms with van der Waals surface area (Å²) < 4.78 is 25.8. The first kappa shape index (κ1) is 14.5. The van der Waals surface area contributed by atoms with Crippen LogP contribution >= 0.6 is 0 Å². The minimum Gasteiger partial charge on any atom is -0.399 e. The highest BCUT2D eigenvalue weighted by Gasteiger charge is 2.20. The van der Waals surface area contributed by atoms with Crippen molar-refractivity contribution < 1.29 is 13.5 Å². The number of nitrogens with two attached hydrogens (primary N) is 1. The van der Waals surface area contributed by atoms with Crippen molar-refractivity contribution in [1.82, 2.24) is 13.3 Å². The van der Waals surface area contributed by atoms with E-state index in [1.807, 2.05) is 0 Å². The van der Waals surface area contributed by atoms with Gasteiger partial charge in [-0.1, -0.05) is 12.1 Å². The van der Waals surface area contributed by atoms with Gasteiger partial charge in [0.1, 0.15) is 12.4 Å². The molecule has 0 fully saturated rings. The maximum Gasteiger partial charge on any atom is 0.308 e. The monoisotopic (exact) mass is 296 g/mol. The molecule has 0 saturated carbocycles. The Labute approximate surface area is 117 Å². The first-order valence-corrected chi connectivity index (χ1v) is 7.22. The SMILES string of the molecule is CN(C)S(=O)(=O)n1cnc(C(O)c2ccc(N)cc2)c1. The molecular weight excluding hydrogens is 280 g/mol. The van der Waals surface area contributed by atoms with Crippen LogP contribution in [0, 0.1) is 0 Å². The van der Waals surface area contributed by atoms with Crippen molar-refractivity contribution in [1.29, 1.82) is 0 Å². The van der Waals surface area contributed by atoms with Gasteiger partial charge in [-0.15, -0.1) is 0 Å². The van der Waals surface area contributed by atoms with Crippen molar-refractivity contribution in [2.45, 2.75) is 6.10 Å². The lowest BCUT2D eigenvalue weighted by atomic mass is 10.1. The molecule has 1 unspecified atom stereocenters. The van der Waals surface area contributed by atoms with Crippen LogP contribution in [0.25, 0.3) is 0 Å². The number of rotatable bonds is 4. The Bertz CT molecular complexity index is 692. The van der Waals surface area contributed by atoms with Crippen LogP contribution in [0.5, 0.6) is 0 Å². The van der Waals surface area contributed by atoms with Gasteiger partial charge in [0.15, 0.2) is 0 Å². The quantitative estimate of drug-likeness (QED) is 0.785. The van der Waals surface area contributed by atoms with E-state index in [0.717, 1.165) is 14.6 Å². The van der Waals surface area contributed by atoms with Crippen molar-refractivity contribution in [3.8, 4) is 0 Å². The van der Waals surface area contributed by atoms with Gasteiger partial charge in [-0.3, -0.25) is 0 Å². The fourth-order valence-electron chi connectivity index (χ4n) is 1.63. The Morgan fingerprint density at radius 3 is 2.45 bits per heavy atom. The lowest BCUT2D eigenvalue weighted by Gasteiger charge is -2.11. The third-order valence-corrected chi connectivity index (χ3v) is 4.50. The van der Waals surface area contributed by atoms with Gasteiger partial charge in [-0.2, -0.15) is 12.7 Å². The van der Waals surface area contributed by atoms with Crippen molar-refractivity contribution in [3.05, 3.63) is 48.0 Å². The molecule has 20 heavy (non-hydrogen) atoms. The number of aromatic nitrogens is 2. The number of aliphatic hydroxyl groups is 1. The van der Waals surface area contributed by atoms with Gasteiger partial charge in [0.2, 0.25) is 0 Å². The Kier molecular flexibility index (Phi) is 3.80. The summed E-state index contributed by atoms with van der Waals surface area (Å²) in [5, 5.41) is 10.2. The van der Waals surface area contributed by atoms with Crippen LogP contribution in [0.3, 0.4) is 0 Å². The molecule has 2 rings (SSSR count). The summed E-state index contributed by atoms with van der Waals surface area (Å²) in [4.78, 5) is 3.94. The molecule has 0 aliphatic carbocycles. The molecule has 2 aromatic rings. The zero-order valence-electron chi connectivity index (χ0n) is 11.1. The Morgan fingerprint density at radius 2 is 1.90 bits per heavy atom. The third-order valence-electron chi connectivity index (χ3n) is 2.84. The van der Waals surface area contributed by atoms with Crippen LogP contribution in [0.4, 0.5) is 5.69 Å². The summed E-state index contributed by atoms with van der Waals surface area (Å²) in [6.07, 6.45) is 1.44. The molecule has 0 aliphatic rings. The van der Waals surface area contributed by atoms with E-state index in [1.54, 1.807) is 24.3 Å². The minimum absolute atomic E-state index is 0.250. The molecule has 1 aromatic carbocycles. The van der Waals surface area contributed by atoms with E-state index in [1.165, 1.54) is 20.3 Å². The number of nitrogen functional groups attached to an aromatic ring is 1. The third kappa shape index (κ3) is 2.67. The van der Waals surface area contributed by atoms with E-state index in [2.05, 4.69) is 4.98 Å². The molecule has 0 aliphatic heterocycles. The van der Waals surface area contributed by atoms with Gasteiger partial charge in [-0.05, 0) is 17.7 Å². The first-order valence-electron chi connectivity index (χ1n) is 5.83. The molecule has 0 bridgehead atoms. The van der Waals surface area contributed by atoms with Gasteiger partial charge in [-0.25, -0.2) is 8.96 Å². The zero-order valence-corrected chi connectivity index (χ0v) is 11.9. The predicted molar refractivity (Wildman–Crippen MR) is 75.1 cm³/mol. The molecule has 0 saturated heterocycles. The number of aliphatic hydroxyl groups excluding tert-OH is 1. The van der Waals surface area contributed by atoms with E-state index < -0.39 is 16.3 Å². The van der Waals surface area contributed by atoms with Gasteiger partial charge < -0.3 is 10.8 Å². The van der Waals surface area contributed by atoms with Gasteiger partial charge in [0.05, 0.1) is 5.69 Å². The van der Waals surface area contributed by atoms with Crippen LogP contribution in [-0.4, -0.2) is 40.9 Å². The van der Waals surface area contributed by atoms with E-state index >= 15 is 0 Å². The van der Waals surface area contributed by atoms with Crippen LogP contribution in [-0.2, 0) is 10.2 Å². The zero-order chi connectivity index (χ0) is 14.9. The summed E-state index contributed by atoms with van der Waals surface area (Å²) in [5.74, 6) is 0. The number of hydrogen-bond acceptors (Lipinski definition) is 5. The number of nitrogens with zero attached hydrogens (tertiary/aromatic N) is 3. The van der Waals surface area contributed by atoms with Crippen LogP contribution in [0.15, 0.2) is 36.8 Å². The molecule has 7 nitrogen and oxygen atoms in total. The highest BCUT2D eigenvalue weighted by Crippen LogP contribution is 2.21. The average molecular weight is 296 g/mol. The van der Waals surface area contributed by atoms with Crippen LogP contribution < -0.4 is 5.73 Å². The van der Waals surface area contributed by atoms with Crippen molar-refractivity contribution in [3.63, 3.8) is 0 Å². The molecule has 0 amide bonds. The summed E-state index contributed by atoms with van der Waals surface area (Å²) in [6, 6.07) is 6.65. The standard InChI is InChI=1S/C12H16N4O3S/c1-15(2)20(18,19)16-7-11(14-8-16)12(17)9-3-5-10(13)6-4-9/h3-8,12,17H,13H2,1-2H3. The number of hydrogen-bond donors (Lipinski definition) is 2. The number of anilines is 1. The van der Waals surface area contributed by atoms with E-state index in [0.29, 0.717) is 11.3 Å². The number of imidazole rings is 1. The smallest absolute Gasteiger partial charge is 0.308 e. The maximum atomic E-state index is 11.9. The normalized spacial score (nSPS) is 13.6. The Hall–Kier alpha value is -1.90. The second-order valence-electron chi connectivity index (χ2n) is 4.49. The van der Waals surface area contributed by atoms with E-state index in [9.17, 15) is 13.5 Å². The summed E-state index contributed by atoms with van der Waals surface area (Å²) in [5.41, 5.74) is 7.00. The lowest BCUT2D eigenvalue weighted by molar-refractivity contribution is 0.216. The summed E-state index contributed by atoms with van der Waals surface area (Å²) >= 11 is 0.